The van der Waals surface area contributed by atoms with Crippen molar-refractivity contribution in [1.29, 1.82) is 0 Å². The number of pyridine rings is 1. The lowest BCUT2D eigenvalue weighted by Crippen LogP contribution is -2.24. The van der Waals surface area contributed by atoms with Crippen LogP contribution in [0.15, 0.2) is 28.1 Å². The van der Waals surface area contributed by atoms with Gasteiger partial charge in [-0.05, 0) is 48.0 Å². The van der Waals surface area contributed by atoms with Gasteiger partial charge in [-0.3, -0.25) is 4.79 Å². The number of hydrogen-bond donors (Lipinski definition) is 1. The number of hydrogen-bond acceptors (Lipinski definition) is 5. The highest BCUT2D eigenvalue weighted by molar-refractivity contribution is 9.10. The van der Waals surface area contributed by atoms with Gasteiger partial charge in [0.05, 0.1) is 24.4 Å². The lowest BCUT2D eigenvalue weighted by Gasteiger charge is -2.07. The molecule has 2 heterocycles. The Bertz CT molecular complexity index is 700. The summed E-state index contributed by atoms with van der Waals surface area (Å²) in [5, 5.41) is 4.76. The average Bonchev–Trinajstić information content (AvgIpc) is 2.90. The second-order valence-electron chi connectivity index (χ2n) is 4.46. The van der Waals surface area contributed by atoms with Gasteiger partial charge in [0.2, 0.25) is 0 Å². The van der Waals surface area contributed by atoms with Crippen LogP contribution in [0.2, 0.25) is 0 Å². The van der Waals surface area contributed by atoms with Gasteiger partial charge in [0.15, 0.2) is 0 Å². The van der Waals surface area contributed by atoms with Crippen molar-refractivity contribution in [3.8, 4) is 0 Å². The first-order chi connectivity index (χ1) is 10.5. The fraction of sp³-hybridized carbons (Fsp3) is 0.267. The van der Waals surface area contributed by atoms with Gasteiger partial charge in [-0.1, -0.05) is 0 Å². The van der Waals surface area contributed by atoms with Gasteiger partial charge in [-0.25, -0.2) is 9.78 Å². The Hall–Kier alpha value is -1.73. The Morgan fingerprint density at radius 1 is 1.41 bits per heavy atom. The summed E-state index contributed by atoms with van der Waals surface area (Å²) in [6.07, 6.45) is 0. The Morgan fingerprint density at radius 2 is 2.18 bits per heavy atom. The lowest BCUT2D eigenvalue weighted by atomic mass is 10.2. The third kappa shape index (κ3) is 4.14. The summed E-state index contributed by atoms with van der Waals surface area (Å²) in [7, 11) is 0. The van der Waals surface area contributed by atoms with E-state index in [-0.39, 0.29) is 11.6 Å². The van der Waals surface area contributed by atoms with E-state index in [4.69, 9.17) is 4.74 Å². The summed E-state index contributed by atoms with van der Waals surface area (Å²) in [5.74, 6) is -0.703. The summed E-state index contributed by atoms with van der Waals surface area (Å²) < 4.78 is 5.93. The molecule has 0 atom stereocenters. The highest BCUT2D eigenvalue weighted by Gasteiger charge is 2.14. The van der Waals surface area contributed by atoms with E-state index in [9.17, 15) is 9.59 Å². The van der Waals surface area contributed by atoms with Crippen LogP contribution in [0.25, 0.3) is 0 Å². The predicted molar refractivity (Wildman–Crippen MR) is 88.1 cm³/mol. The molecule has 7 heteroatoms. The summed E-state index contributed by atoms with van der Waals surface area (Å²) in [4.78, 5) is 29.0. The van der Waals surface area contributed by atoms with Crippen LogP contribution in [0.4, 0.5) is 0 Å². The molecule has 0 fully saturated rings. The Labute approximate surface area is 140 Å². The van der Waals surface area contributed by atoms with Gasteiger partial charge in [0, 0.05) is 14.7 Å². The average molecular weight is 383 g/mol. The van der Waals surface area contributed by atoms with Crippen molar-refractivity contribution in [2.24, 2.45) is 0 Å². The molecule has 0 spiro atoms. The van der Waals surface area contributed by atoms with Crippen LogP contribution in [0.3, 0.4) is 0 Å². The topological polar surface area (TPSA) is 68.3 Å². The molecule has 1 N–H and O–H groups in total. The molecule has 5 nitrogen and oxygen atoms in total. The second-order valence-corrected chi connectivity index (χ2v) is 6.38. The first kappa shape index (κ1) is 16.6. The maximum atomic E-state index is 12.1. The first-order valence-corrected chi connectivity index (χ1v) is 8.34. The molecule has 1 amide bonds. The van der Waals surface area contributed by atoms with Crippen molar-refractivity contribution < 1.29 is 14.3 Å². The number of esters is 1. The van der Waals surface area contributed by atoms with Gasteiger partial charge in [0.1, 0.15) is 5.69 Å². The smallest absolute Gasteiger partial charge is 0.339 e. The molecule has 0 saturated carbocycles. The van der Waals surface area contributed by atoms with E-state index in [1.54, 1.807) is 31.3 Å². The molecular weight excluding hydrogens is 368 g/mol. The van der Waals surface area contributed by atoms with E-state index in [0.29, 0.717) is 24.4 Å². The zero-order valence-electron chi connectivity index (χ0n) is 12.2. The first-order valence-electron chi connectivity index (χ1n) is 6.67. The van der Waals surface area contributed by atoms with Crippen LogP contribution in [0.1, 0.15) is 38.3 Å². The summed E-state index contributed by atoms with van der Waals surface area (Å²) >= 11 is 4.93. The molecule has 0 radical (unpaired) electrons. The van der Waals surface area contributed by atoms with Crippen LogP contribution in [-0.2, 0) is 11.3 Å². The van der Waals surface area contributed by atoms with Crippen molar-refractivity contribution >= 4 is 39.1 Å². The molecule has 2 aromatic rings. The van der Waals surface area contributed by atoms with Gasteiger partial charge in [-0.2, -0.15) is 0 Å². The number of aryl methyl sites for hydroxylation is 1. The minimum atomic E-state index is -0.428. The SMILES string of the molecule is CCOC(=O)c1ccc(C(=O)NCc2cc(Br)cs2)nc1C. The van der Waals surface area contributed by atoms with Crippen molar-refractivity contribution in [3.63, 3.8) is 0 Å². The van der Waals surface area contributed by atoms with Crippen LogP contribution >= 0.6 is 27.3 Å². The minimum Gasteiger partial charge on any atom is -0.462 e. The zero-order chi connectivity index (χ0) is 16.1. The maximum absolute atomic E-state index is 12.1. The number of thiophene rings is 1. The number of carbonyl (C=O) groups is 2. The number of rotatable bonds is 5. The molecule has 2 aromatic heterocycles. The number of aromatic nitrogens is 1. The highest BCUT2D eigenvalue weighted by atomic mass is 79.9. The van der Waals surface area contributed by atoms with E-state index < -0.39 is 5.97 Å². The van der Waals surface area contributed by atoms with Gasteiger partial charge in [-0.15, -0.1) is 11.3 Å². The highest BCUT2D eigenvalue weighted by Crippen LogP contribution is 2.19. The largest absolute Gasteiger partial charge is 0.462 e. The van der Waals surface area contributed by atoms with Crippen molar-refractivity contribution in [2.75, 3.05) is 6.61 Å². The van der Waals surface area contributed by atoms with E-state index in [1.807, 2.05) is 11.4 Å². The van der Waals surface area contributed by atoms with Crippen molar-refractivity contribution in [3.05, 3.63) is 49.9 Å². The van der Waals surface area contributed by atoms with E-state index in [0.717, 1.165) is 9.35 Å². The number of amides is 1. The zero-order valence-corrected chi connectivity index (χ0v) is 14.6. The molecule has 116 valence electrons. The van der Waals surface area contributed by atoms with Gasteiger partial charge in [0.25, 0.3) is 5.91 Å². The van der Waals surface area contributed by atoms with Gasteiger partial charge < -0.3 is 10.1 Å². The second kappa shape index (κ2) is 7.51. The molecule has 0 aromatic carbocycles. The molecule has 0 aliphatic carbocycles. The lowest BCUT2D eigenvalue weighted by molar-refractivity contribution is 0.0524. The molecule has 0 aliphatic rings. The Balaban J connectivity index is 2.04. The van der Waals surface area contributed by atoms with E-state index in [2.05, 4.69) is 26.2 Å². The molecule has 0 aliphatic heterocycles. The monoisotopic (exact) mass is 382 g/mol. The third-order valence-corrected chi connectivity index (χ3v) is 4.56. The molecule has 22 heavy (non-hydrogen) atoms. The summed E-state index contributed by atoms with van der Waals surface area (Å²) in [5.41, 5.74) is 1.13. The summed E-state index contributed by atoms with van der Waals surface area (Å²) in [6, 6.07) is 5.05. The van der Waals surface area contributed by atoms with Crippen molar-refractivity contribution in [1.82, 2.24) is 10.3 Å². The molecule has 0 unspecified atom stereocenters. The molecular formula is C15H15BrN2O3S. The van der Waals surface area contributed by atoms with Crippen molar-refractivity contribution in [2.45, 2.75) is 20.4 Å². The van der Waals surface area contributed by atoms with Crippen LogP contribution in [0, 0.1) is 6.92 Å². The fourth-order valence-electron chi connectivity index (χ4n) is 1.82. The van der Waals surface area contributed by atoms with Crippen LogP contribution < -0.4 is 5.32 Å². The standard InChI is InChI=1S/C15H15BrN2O3S/c1-3-21-15(20)12-4-5-13(18-9(12)2)14(19)17-7-11-6-10(16)8-22-11/h4-6,8H,3,7H2,1-2H3,(H,17,19). The molecule has 2 rings (SSSR count). The minimum absolute atomic E-state index is 0.275. The number of carbonyl (C=O) groups excluding carboxylic acids is 2. The number of nitrogens with zero attached hydrogens (tertiary/aromatic N) is 1. The quantitative estimate of drug-likeness (QED) is 0.805. The number of ether oxygens (including phenoxy) is 1. The predicted octanol–water partition coefficient (Wildman–Crippen LogP) is 3.32. The fourth-order valence-corrected chi connectivity index (χ4v) is 3.21. The van der Waals surface area contributed by atoms with E-state index in [1.165, 1.54) is 6.07 Å². The molecule has 0 saturated heterocycles. The molecule has 0 bridgehead atoms. The van der Waals surface area contributed by atoms with E-state index >= 15 is 0 Å². The van der Waals surface area contributed by atoms with Gasteiger partial charge >= 0.3 is 5.97 Å². The number of halogens is 1. The number of nitrogens with one attached hydrogen (secondary N) is 1. The maximum Gasteiger partial charge on any atom is 0.339 e. The Kier molecular flexibility index (Phi) is 5.68. The van der Waals surface area contributed by atoms with Crippen LogP contribution in [-0.4, -0.2) is 23.5 Å². The normalized spacial score (nSPS) is 10.3. The third-order valence-electron chi connectivity index (χ3n) is 2.86. The summed E-state index contributed by atoms with van der Waals surface area (Å²) in [6.45, 7) is 4.16. The Morgan fingerprint density at radius 3 is 2.77 bits per heavy atom. The van der Waals surface area contributed by atoms with Crippen LogP contribution in [0.5, 0.6) is 0 Å².